The van der Waals surface area contributed by atoms with Crippen LogP contribution >= 0.6 is 11.3 Å². The van der Waals surface area contributed by atoms with Crippen molar-refractivity contribution < 1.29 is 13.6 Å². The Morgan fingerprint density at radius 3 is 2.63 bits per heavy atom. The van der Waals surface area contributed by atoms with E-state index in [1.54, 1.807) is 12.1 Å². The number of nitrogens with zero attached hydrogens (tertiary/aromatic N) is 1. The topological polar surface area (TPSA) is 55.1 Å². The molecule has 4 aromatic rings. The van der Waals surface area contributed by atoms with E-state index in [2.05, 4.69) is 10.3 Å². The van der Waals surface area contributed by atoms with Crippen LogP contribution in [0.5, 0.6) is 0 Å². The van der Waals surface area contributed by atoms with Crippen molar-refractivity contribution in [2.24, 2.45) is 0 Å². The van der Waals surface area contributed by atoms with E-state index in [1.165, 1.54) is 23.5 Å². The zero-order valence-corrected chi connectivity index (χ0v) is 15.7. The van der Waals surface area contributed by atoms with E-state index in [0.717, 1.165) is 27.1 Å². The Balaban J connectivity index is 1.54. The number of aryl methyl sites for hydroxylation is 2. The van der Waals surface area contributed by atoms with Crippen LogP contribution in [0.1, 0.15) is 32.3 Å². The van der Waals surface area contributed by atoms with E-state index >= 15 is 0 Å². The molecule has 0 spiro atoms. The number of aromatic nitrogens is 1. The maximum absolute atomic E-state index is 13.1. The van der Waals surface area contributed by atoms with Crippen molar-refractivity contribution in [2.45, 2.75) is 20.3 Å². The molecule has 0 unspecified atom stereocenters. The van der Waals surface area contributed by atoms with Crippen molar-refractivity contribution in [2.75, 3.05) is 5.32 Å². The molecule has 4 nitrogen and oxygen atoms in total. The molecular weight excluding hydrogens is 363 g/mol. The summed E-state index contributed by atoms with van der Waals surface area (Å²) in [4.78, 5) is 18.1. The Kier molecular flexibility index (Phi) is 4.49. The molecule has 0 aliphatic carbocycles. The largest absolute Gasteiger partial charge is 0.451 e. The predicted octanol–water partition coefficient (Wildman–Crippen LogP) is 5.49. The zero-order chi connectivity index (χ0) is 19.0. The average Bonchev–Trinajstić information content (AvgIpc) is 3.17. The number of fused-ring (bicyclic) bond motifs is 1. The number of hydrogen-bond acceptors (Lipinski definition) is 4. The fourth-order valence-electron chi connectivity index (χ4n) is 2.98. The molecule has 2 aromatic heterocycles. The minimum atomic E-state index is -0.314. The van der Waals surface area contributed by atoms with Crippen LogP contribution in [0.15, 0.2) is 52.9 Å². The Bertz CT molecular complexity index is 1130. The first-order valence-electron chi connectivity index (χ1n) is 8.51. The van der Waals surface area contributed by atoms with Crippen LogP contribution in [-0.4, -0.2) is 10.9 Å². The second-order valence-corrected chi connectivity index (χ2v) is 7.42. The summed E-state index contributed by atoms with van der Waals surface area (Å²) in [5, 5.41) is 4.28. The van der Waals surface area contributed by atoms with Gasteiger partial charge < -0.3 is 4.42 Å². The highest BCUT2D eigenvalue weighted by atomic mass is 32.1. The monoisotopic (exact) mass is 380 g/mol. The lowest BCUT2D eigenvalue weighted by molar-refractivity contribution is 0.0998. The zero-order valence-electron chi connectivity index (χ0n) is 14.9. The number of anilines is 1. The molecule has 0 aliphatic heterocycles. The van der Waals surface area contributed by atoms with Crippen molar-refractivity contribution >= 4 is 33.3 Å². The van der Waals surface area contributed by atoms with Gasteiger partial charge in [0.15, 0.2) is 10.9 Å². The Morgan fingerprint density at radius 2 is 1.89 bits per heavy atom. The molecule has 1 amide bonds. The van der Waals surface area contributed by atoms with E-state index < -0.39 is 0 Å². The van der Waals surface area contributed by atoms with E-state index in [4.69, 9.17) is 4.42 Å². The highest BCUT2D eigenvalue weighted by molar-refractivity contribution is 7.15. The van der Waals surface area contributed by atoms with Gasteiger partial charge in [0.1, 0.15) is 11.4 Å². The number of benzene rings is 2. The van der Waals surface area contributed by atoms with Gasteiger partial charge in [-0.25, -0.2) is 9.37 Å². The third kappa shape index (κ3) is 3.48. The predicted molar refractivity (Wildman–Crippen MR) is 105 cm³/mol. The van der Waals surface area contributed by atoms with Gasteiger partial charge in [0.25, 0.3) is 5.91 Å². The summed E-state index contributed by atoms with van der Waals surface area (Å²) in [7, 11) is 0. The van der Waals surface area contributed by atoms with Gasteiger partial charge in [-0.05, 0) is 37.6 Å². The first-order valence-corrected chi connectivity index (χ1v) is 9.33. The van der Waals surface area contributed by atoms with Crippen molar-refractivity contribution in [3.8, 4) is 0 Å². The number of para-hydroxylation sites is 1. The summed E-state index contributed by atoms with van der Waals surface area (Å²) in [6.07, 6.45) is 0.642. The van der Waals surface area contributed by atoms with Crippen molar-refractivity contribution in [3.63, 3.8) is 0 Å². The van der Waals surface area contributed by atoms with Gasteiger partial charge in [0, 0.05) is 22.2 Å². The van der Waals surface area contributed by atoms with Crippen LogP contribution in [0, 0.1) is 19.7 Å². The van der Waals surface area contributed by atoms with E-state index in [1.807, 2.05) is 38.1 Å². The lowest BCUT2D eigenvalue weighted by atomic mass is 10.1. The Hall–Kier alpha value is -2.99. The highest BCUT2D eigenvalue weighted by Gasteiger charge is 2.19. The second kappa shape index (κ2) is 6.96. The van der Waals surface area contributed by atoms with Gasteiger partial charge in [-0.2, -0.15) is 0 Å². The molecule has 0 atom stereocenters. The summed E-state index contributed by atoms with van der Waals surface area (Å²) >= 11 is 1.42. The summed E-state index contributed by atoms with van der Waals surface area (Å²) in [5.41, 5.74) is 3.34. The molecule has 0 aliphatic rings. The number of rotatable bonds is 4. The summed E-state index contributed by atoms with van der Waals surface area (Å²) in [5.74, 6) is -0.274. The molecule has 0 bridgehead atoms. The lowest BCUT2D eigenvalue weighted by Gasteiger charge is -2.00. The standard InChI is InChI=1S/C21H17FN2O2S/c1-12-16-5-3-4-6-17(16)26-19(12)20(25)24-21-23-13(2)18(27-21)11-14-7-9-15(22)10-8-14/h3-10H,11H2,1-2H3,(H,23,24,25). The van der Waals surface area contributed by atoms with Crippen LogP contribution in [0.4, 0.5) is 9.52 Å². The number of amides is 1. The van der Waals surface area contributed by atoms with Crippen LogP contribution in [0.25, 0.3) is 11.0 Å². The minimum absolute atomic E-state index is 0.256. The molecule has 136 valence electrons. The molecule has 0 saturated carbocycles. The lowest BCUT2D eigenvalue weighted by Crippen LogP contribution is -2.11. The van der Waals surface area contributed by atoms with Gasteiger partial charge in [0.2, 0.25) is 0 Å². The number of furan rings is 1. The molecule has 0 fully saturated rings. The summed E-state index contributed by atoms with van der Waals surface area (Å²) < 4.78 is 18.8. The normalized spacial score (nSPS) is 11.1. The van der Waals surface area contributed by atoms with Crippen LogP contribution < -0.4 is 5.32 Å². The molecule has 1 N–H and O–H groups in total. The van der Waals surface area contributed by atoms with Gasteiger partial charge >= 0.3 is 0 Å². The van der Waals surface area contributed by atoms with Gasteiger partial charge in [-0.15, -0.1) is 11.3 Å². The SMILES string of the molecule is Cc1nc(NC(=O)c2oc3ccccc3c2C)sc1Cc1ccc(F)cc1. The number of hydrogen-bond donors (Lipinski definition) is 1. The smallest absolute Gasteiger partial charge is 0.293 e. The second-order valence-electron chi connectivity index (χ2n) is 6.34. The van der Waals surface area contributed by atoms with Crippen LogP contribution in [-0.2, 0) is 6.42 Å². The highest BCUT2D eigenvalue weighted by Crippen LogP contribution is 2.28. The van der Waals surface area contributed by atoms with Gasteiger partial charge in [-0.3, -0.25) is 10.1 Å². The molecule has 6 heteroatoms. The van der Waals surface area contributed by atoms with E-state index in [-0.39, 0.29) is 11.7 Å². The van der Waals surface area contributed by atoms with E-state index in [0.29, 0.717) is 22.9 Å². The number of carbonyl (C=O) groups is 1. The Morgan fingerprint density at radius 1 is 1.15 bits per heavy atom. The van der Waals surface area contributed by atoms with Gasteiger partial charge in [0.05, 0.1) is 5.69 Å². The molecule has 4 rings (SSSR count). The average molecular weight is 380 g/mol. The quantitative estimate of drug-likeness (QED) is 0.509. The Labute approximate surface area is 159 Å². The van der Waals surface area contributed by atoms with Crippen LogP contribution in [0.3, 0.4) is 0 Å². The summed E-state index contributed by atoms with van der Waals surface area (Å²) in [6.45, 7) is 3.77. The molecule has 2 heterocycles. The molecule has 27 heavy (non-hydrogen) atoms. The number of halogens is 1. The van der Waals surface area contributed by atoms with Crippen molar-refractivity contribution in [3.05, 3.63) is 81.8 Å². The molecular formula is C21H17FN2O2S. The summed E-state index contributed by atoms with van der Waals surface area (Å²) in [6, 6.07) is 14.0. The maximum Gasteiger partial charge on any atom is 0.293 e. The van der Waals surface area contributed by atoms with Crippen LogP contribution in [0.2, 0.25) is 0 Å². The number of carbonyl (C=O) groups excluding carboxylic acids is 1. The van der Waals surface area contributed by atoms with Gasteiger partial charge in [-0.1, -0.05) is 30.3 Å². The molecule has 2 aromatic carbocycles. The fourth-order valence-corrected chi connectivity index (χ4v) is 3.97. The molecule has 0 radical (unpaired) electrons. The third-order valence-corrected chi connectivity index (χ3v) is 5.51. The number of thiazole rings is 1. The maximum atomic E-state index is 13.1. The van der Waals surface area contributed by atoms with E-state index in [9.17, 15) is 9.18 Å². The van der Waals surface area contributed by atoms with Crippen molar-refractivity contribution in [1.29, 1.82) is 0 Å². The first kappa shape index (κ1) is 17.4. The van der Waals surface area contributed by atoms with Crippen molar-refractivity contribution in [1.82, 2.24) is 4.98 Å². The molecule has 0 saturated heterocycles. The first-order chi connectivity index (χ1) is 13.0. The minimum Gasteiger partial charge on any atom is -0.451 e. The third-order valence-electron chi connectivity index (χ3n) is 4.44. The number of nitrogens with one attached hydrogen (secondary N) is 1. The fraction of sp³-hybridized carbons (Fsp3) is 0.143.